The van der Waals surface area contributed by atoms with Gasteiger partial charge in [0.05, 0.1) is 11.0 Å². The number of ether oxygens (including phenoxy) is 1. The molecule has 4 heteroatoms. The maximum absolute atomic E-state index is 5.82. The third-order valence-corrected chi connectivity index (χ3v) is 3.79. The van der Waals surface area contributed by atoms with Gasteiger partial charge in [-0.1, -0.05) is 28.1 Å². The van der Waals surface area contributed by atoms with Crippen LogP contribution in [0, 0.1) is 6.92 Å². The van der Waals surface area contributed by atoms with Crippen LogP contribution in [0.15, 0.2) is 46.9 Å². The lowest BCUT2D eigenvalue weighted by Crippen LogP contribution is -2.03. The van der Waals surface area contributed by atoms with Crippen LogP contribution < -0.4 is 4.74 Å². The second kappa shape index (κ2) is 5.29. The number of aryl methyl sites for hydroxylation is 2. The zero-order chi connectivity index (χ0) is 14.1. The zero-order valence-corrected chi connectivity index (χ0v) is 13.0. The molecule has 3 aromatic rings. The fraction of sp³-hybridized carbons (Fsp3) is 0.188. The number of imidazole rings is 1. The Kier molecular flexibility index (Phi) is 3.49. The molecule has 2 aromatic carbocycles. The van der Waals surface area contributed by atoms with Crippen molar-refractivity contribution in [3.63, 3.8) is 0 Å². The molecule has 20 heavy (non-hydrogen) atoms. The third kappa shape index (κ3) is 2.56. The number of nitrogens with zero attached hydrogens (tertiary/aromatic N) is 2. The molecule has 0 radical (unpaired) electrons. The minimum atomic E-state index is 0.465. The minimum absolute atomic E-state index is 0.465. The molecule has 3 nitrogen and oxygen atoms in total. The molecule has 1 heterocycles. The maximum atomic E-state index is 5.82. The van der Waals surface area contributed by atoms with Gasteiger partial charge in [0, 0.05) is 11.5 Å². The van der Waals surface area contributed by atoms with E-state index in [4.69, 9.17) is 4.74 Å². The number of aromatic nitrogens is 2. The van der Waals surface area contributed by atoms with Gasteiger partial charge < -0.3 is 9.30 Å². The van der Waals surface area contributed by atoms with Gasteiger partial charge in [-0.15, -0.1) is 0 Å². The average molecular weight is 331 g/mol. The van der Waals surface area contributed by atoms with E-state index in [1.807, 2.05) is 37.4 Å². The van der Waals surface area contributed by atoms with E-state index in [0.717, 1.165) is 27.1 Å². The Morgan fingerprint density at radius 2 is 2.05 bits per heavy atom. The summed E-state index contributed by atoms with van der Waals surface area (Å²) in [6.45, 7) is 2.52. The smallest absolute Gasteiger partial charge is 0.147 e. The van der Waals surface area contributed by atoms with E-state index in [9.17, 15) is 0 Å². The van der Waals surface area contributed by atoms with Gasteiger partial charge in [0.1, 0.15) is 18.2 Å². The summed E-state index contributed by atoms with van der Waals surface area (Å²) in [6.07, 6.45) is 0. The highest BCUT2D eigenvalue weighted by Crippen LogP contribution is 2.21. The van der Waals surface area contributed by atoms with E-state index in [0.29, 0.717) is 6.61 Å². The van der Waals surface area contributed by atoms with Gasteiger partial charge in [-0.3, -0.25) is 0 Å². The summed E-state index contributed by atoms with van der Waals surface area (Å²) in [4.78, 5) is 4.62. The Balaban J connectivity index is 1.86. The Morgan fingerprint density at radius 3 is 2.85 bits per heavy atom. The summed E-state index contributed by atoms with van der Waals surface area (Å²) < 4.78 is 8.92. The lowest BCUT2D eigenvalue weighted by atomic mass is 10.2. The molecule has 0 unspecified atom stereocenters. The van der Waals surface area contributed by atoms with E-state index in [-0.39, 0.29) is 0 Å². The molecular formula is C16H15BrN2O. The fourth-order valence-electron chi connectivity index (χ4n) is 2.20. The van der Waals surface area contributed by atoms with Crippen molar-refractivity contribution < 1.29 is 4.74 Å². The zero-order valence-electron chi connectivity index (χ0n) is 11.4. The van der Waals surface area contributed by atoms with Crippen molar-refractivity contribution in [2.75, 3.05) is 0 Å². The van der Waals surface area contributed by atoms with Crippen LogP contribution in [0.5, 0.6) is 5.75 Å². The van der Waals surface area contributed by atoms with Crippen molar-refractivity contribution in [1.29, 1.82) is 0 Å². The van der Waals surface area contributed by atoms with E-state index >= 15 is 0 Å². The van der Waals surface area contributed by atoms with Crippen LogP contribution in [0.1, 0.15) is 11.4 Å². The molecule has 0 atom stereocenters. The number of halogens is 1. The lowest BCUT2D eigenvalue weighted by Gasteiger charge is -2.06. The first-order valence-electron chi connectivity index (χ1n) is 6.44. The molecule has 0 bridgehead atoms. The standard InChI is InChI=1S/C16H15BrN2O/c1-11-4-3-5-13(8-11)20-10-16-18-14-9-12(17)6-7-15(14)19(16)2/h3-9H,10H2,1-2H3. The molecule has 0 saturated carbocycles. The summed E-state index contributed by atoms with van der Waals surface area (Å²) >= 11 is 3.47. The highest BCUT2D eigenvalue weighted by atomic mass is 79.9. The first-order valence-corrected chi connectivity index (χ1v) is 7.23. The molecule has 3 rings (SSSR count). The molecular weight excluding hydrogens is 316 g/mol. The van der Waals surface area contributed by atoms with Crippen LogP contribution in [0.25, 0.3) is 11.0 Å². The molecule has 0 amide bonds. The lowest BCUT2D eigenvalue weighted by molar-refractivity contribution is 0.292. The fourth-order valence-corrected chi connectivity index (χ4v) is 2.55. The third-order valence-electron chi connectivity index (χ3n) is 3.29. The van der Waals surface area contributed by atoms with Crippen LogP contribution in [0.4, 0.5) is 0 Å². The summed E-state index contributed by atoms with van der Waals surface area (Å²) in [5, 5.41) is 0. The first-order chi connectivity index (χ1) is 9.63. The first kappa shape index (κ1) is 13.2. The second-order valence-electron chi connectivity index (χ2n) is 4.83. The van der Waals surface area contributed by atoms with E-state index in [2.05, 4.69) is 44.5 Å². The molecule has 0 aliphatic rings. The molecule has 1 aromatic heterocycles. The second-order valence-corrected chi connectivity index (χ2v) is 5.74. The van der Waals surface area contributed by atoms with Crippen LogP contribution in [-0.4, -0.2) is 9.55 Å². The van der Waals surface area contributed by atoms with E-state index < -0.39 is 0 Å². The Labute approximate surface area is 126 Å². The maximum Gasteiger partial charge on any atom is 0.147 e. The normalized spacial score (nSPS) is 10.9. The Bertz CT molecular complexity index is 764. The Morgan fingerprint density at radius 1 is 1.20 bits per heavy atom. The largest absolute Gasteiger partial charge is 0.486 e. The highest BCUT2D eigenvalue weighted by Gasteiger charge is 2.08. The van der Waals surface area contributed by atoms with Gasteiger partial charge in [0.2, 0.25) is 0 Å². The van der Waals surface area contributed by atoms with Gasteiger partial charge in [-0.25, -0.2) is 4.98 Å². The number of benzene rings is 2. The summed E-state index contributed by atoms with van der Waals surface area (Å²) in [7, 11) is 2.01. The van der Waals surface area contributed by atoms with Gasteiger partial charge in [-0.05, 0) is 42.8 Å². The van der Waals surface area contributed by atoms with Crippen molar-refractivity contribution in [2.45, 2.75) is 13.5 Å². The van der Waals surface area contributed by atoms with Crippen molar-refractivity contribution in [3.8, 4) is 5.75 Å². The predicted molar refractivity (Wildman–Crippen MR) is 83.9 cm³/mol. The highest BCUT2D eigenvalue weighted by molar-refractivity contribution is 9.10. The molecule has 0 aliphatic carbocycles. The topological polar surface area (TPSA) is 27.1 Å². The predicted octanol–water partition coefficient (Wildman–Crippen LogP) is 4.22. The van der Waals surface area contributed by atoms with Crippen molar-refractivity contribution >= 4 is 27.0 Å². The Hall–Kier alpha value is -1.81. The molecule has 102 valence electrons. The van der Waals surface area contributed by atoms with E-state index in [1.54, 1.807) is 0 Å². The summed E-state index contributed by atoms with van der Waals surface area (Å²) in [6, 6.07) is 14.1. The van der Waals surface area contributed by atoms with Gasteiger partial charge in [0.25, 0.3) is 0 Å². The molecule has 0 fully saturated rings. The quantitative estimate of drug-likeness (QED) is 0.718. The summed E-state index contributed by atoms with van der Waals surface area (Å²) in [5.74, 6) is 1.79. The molecule has 0 spiro atoms. The summed E-state index contributed by atoms with van der Waals surface area (Å²) in [5.41, 5.74) is 3.28. The van der Waals surface area contributed by atoms with Gasteiger partial charge >= 0.3 is 0 Å². The number of fused-ring (bicyclic) bond motifs is 1. The molecule has 0 saturated heterocycles. The van der Waals surface area contributed by atoms with Crippen molar-refractivity contribution in [1.82, 2.24) is 9.55 Å². The number of rotatable bonds is 3. The van der Waals surface area contributed by atoms with Gasteiger partial charge in [0.15, 0.2) is 0 Å². The monoisotopic (exact) mass is 330 g/mol. The minimum Gasteiger partial charge on any atom is -0.486 e. The van der Waals surface area contributed by atoms with Crippen LogP contribution in [0.2, 0.25) is 0 Å². The molecule has 0 N–H and O–H groups in total. The van der Waals surface area contributed by atoms with Crippen molar-refractivity contribution in [3.05, 3.63) is 58.3 Å². The number of hydrogen-bond acceptors (Lipinski definition) is 2. The van der Waals surface area contributed by atoms with Crippen LogP contribution in [0.3, 0.4) is 0 Å². The molecule has 0 aliphatic heterocycles. The van der Waals surface area contributed by atoms with Crippen molar-refractivity contribution in [2.24, 2.45) is 7.05 Å². The van der Waals surface area contributed by atoms with Crippen LogP contribution >= 0.6 is 15.9 Å². The van der Waals surface area contributed by atoms with E-state index in [1.165, 1.54) is 5.56 Å². The average Bonchev–Trinajstić information content (AvgIpc) is 2.72. The van der Waals surface area contributed by atoms with Gasteiger partial charge in [-0.2, -0.15) is 0 Å². The SMILES string of the molecule is Cc1cccc(OCc2nc3cc(Br)ccc3n2C)c1. The number of hydrogen-bond donors (Lipinski definition) is 0. The van der Waals surface area contributed by atoms with Crippen LogP contribution in [-0.2, 0) is 13.7 Å².